The zero-order valence-corrected chi connectivity index (χ0v) is 35.4. The molecule has 1 heterocycles. The maximum absolute atomic E-state index is 15.6. The van der Waals surface area contributed by atoms with E-state index in [0.29, 0.717) is 23.7 Å². The second kappa shape index (κ2) is 10.1. The van der Waals surface area contributed by atoms with Gasteiger partial charge in [-0.3, -0.25) is 10.1 Å². The molecule has 58 heavy (non-hydrogen) atoms. The summed E-state index contributed by atoms with van der Waals surface area (Å²) in [5.41, 5.74) is -0.627. The third kappa shape index (κ3) is 3.05. The Labute approximate surface area is 347 Å². The molecule has 0 aromatic carbocycles. The Balaban J connectivity index is 0.866. The monoisotopic (exact) mass is 785 g/mol. The zero-order chi connectivity index (χ0) is 37.3. The topological polar surface area (TPSA) is 67.8 Å². The van der Waals surface area contributed by atoms with Crippen LogP contribution in [-0.4, -0.2) is 80.4 Å². The Bertz CT molecular complexity index is 1820. The highest BCUT2D eigenvalue weighted by Crippen LogP contribution is 2.95. The van der Waals surface area contributed by atoms with E-state index in [1.165, 1.54) is 12.8 Å². The highest BCUT2D eigenvalue weighted by atomic mass is 16.3. The van der Waals surface area contributed by atoms with Crippen molar-refractivity contribution >= 4 is 5.91 Å². The smallest absolute Gasteiger partial charge is 0.230 e. The van der Waals surface area contributed by atoms with Crippen molar-refractivity contribution < 1.29 is 9.90 Å². The average molecular weight is 785 g/mol. The number of hydrogen-bond acceptors (Lipinski definition) is 5. The van der Waals surface area contributed by atoms with E-state index < -0.39 is 11.6 Å². The molecule has 17 saturated carbocycles. The Morgan fingerprint density at radius 1 is 0.431 bits per heavy atom. The van der Waals surface area contributed by atoms with Crippen LogP contribution in [0.1, 0.15) is 57.8 Å². The molecule has 6 nitrogen and oxygen atoms in total. The lowest BCUT2D eigenvalue weighted by Gasteiger charge is -2.61. The molecule has 18 rings (SSSR count). The summed E-state index contributed by atoms with van der Waals surface area (Å²) in [5, 5.41) is 20.5. The summed E-state index contributed by atoms with van der Waals surface area (Å²) in [4.78, 5) is 20.5. The predicted molar refractivity (Wildman–Crippen MR) is 218 cm³/mol. The van der Waals surface area contributed by atoms with Crippen molar-refractivity contribution in [1.82, 2.24) is 20.4 Å². The number of nitrogens with one attached hydrogen (secondary N) is 2. The van der Waals surface area contributed by atoms with Gasteiger partial charge in [-0.25, -0.2) is 0 Å². The van der Waals surface area contributed by atoms with Gasteiger partial charge in [-0.2, -0.15) is 0 Å². The third-order valence-corrected chi connectivity index (χ3v) is 27.7. The van der Waals surface area contributed by atoms with Gasteiger partial charge in [0.05, 0.1) is 5.41 Å². The Morgan fingerprint density at radius 2 is 0.741 bits per heavy atom. The Kier molecular flexibility index (Phi) is 5.76. The molecule has 18 aliphatic rings. The summed E-state index contributed by atoms with van der Waals surface area (Å²) in [6.45, 7) is 5.56. The maximum Gasteiger partial charge on any atom is 0.230 e. The number of rotatable bonds is 0. The summed E-state index contributed by atoms with van der Waals surface area (Å²) < 4.78 is 0. The minimum atomic E-state index is -0.711. The second-order valence-corrected chi connectivity index (χ2v) is 26.9. The van der Waals surface area contributed by atoms with Crippen LogP contribution in [0, 0.1) is 195 Å². The van der Waals surface area contributed by atoms with E-state index in [0.717, 1.165) is 211 Å². The van der Waals surface area contributed by atoms with E-state index in [9.17, 15) is 5.11 Å². The fraction of sp³-hybridized carbons (Fsp3) is 0.981. The molecule has 0 radical (unpaired) electrons. The Morgan fingerprint density at radius 3 is 1.16 bits per heavy atom. The maximum atomic E-state index is 15.6. The van der Waals surface area contributed by atoms with Crippen molar-refractivity contribution in [2.24, 2.45) is 195 Å². The molecule has 6 heteroatoms. The molecule has 0 bridgehead atoms. The number of nitrogens with zero attached hydrogens (tertiary/aromatic N) is 2. The predicted octanol–water partition coefficient (Wildman–Crippen LogP) is 5.33. The fourth-order valence-electron chi connectivity index (χ4n) is 28.7. The lowest BCUT2D eigenvalue weighted by Crippen LogP contribution is -2.58. The molecule has 31 atom stereocenters. The number of aliphatic hydroxyl groups is 1. The summed E-state index contributed by atoms with van der Waals surface area (Å²) >= 11 is 0. The zero-order valence-electron chi connectivity index (χ0n) is 35.4. The molecule has 1 spiro atoms. The van der Waals surface area contributed by atoms with Crippen LogP contribution in [-0.2, 0) is 4.79 Å². The summed E-state index contributed by atoms with van der Waals surface area (Å²) in [6, 6.07) is 0. The second-order valence-electron chi connectivity index (χ2n) is 26.9. The lowest BCUT2D eigenvalue weighted by molar-refractivity contribution is -0.148. The van der Waals surface area contributed by atoms with Crippen molar-refractivity contribution in [3.8, 4) is 0 Å². The van der Waals surface area contributed by atoms with Crippen LogP contribution in [0.3, 0.4) is 0 Å². The number of carbonyl (C=O) groups is 1. The SMILES string of the molecule is CN1CCCN(C)CCN[C@@H](O)C2(C(=O)NCC1)C1C3C4CCC5C6CCC7C8CCC9C%10CCC%11C%12C%10C%10C9C8C8C7C6C6C5C4C4C5C6C8C%10C5C%12C(C43)C%11C12. The molecule has 1 amide bonds. The van der Waals surface area contributed by atoms with Crippen molar-refractivity contribution in [2.75, 3.05) is 53.4 Å². The highest BCUT2D eigenvalue weighted by molar-refractivity contribution is 5.88. The van der Waals surface area contributed by atoms with Gasteiger partial charge in [-0.15, -0.1) is 0 Å². The van der Waals surface area contributed by atoms with Crippen molar-refractivity contribution in [3.63, 3.8) is 0 Å². The minimum absolute atomic E-state index is 0.282. The van der Waals surface area contributed by atoms with Gasteiger partial charge in [0.25, 0.3) is 0 Å². The molecule has 18 fully saturated rings. The third-order valence-electron chi connectivity index (χ3n) is 27.7. The van der Waals surface area contributed by atoms with Gasteiger partial charge in [0, 0.05) is 26.2 Å². The number of amides is 1. The van der Waals surface area contributed by atoms with E-state index in [1.807, 2.05) is 0 Å². The standard InChI is InChI=1S/C52H72N4O2/c1-55-14-3-15-56(2)17-13-54-51(58)52(50(57)53-12-16-55)48-34-24-10-8-22-20-6-4-18-19-5-7-21-23-9-11-25-33-31(23)38-29(21)27(19)36-26(18)28(20)37-30(22)32(24)39-41(34)42(35(25)49(48)52)40(33)47-45(38)43(36)44(37)46(39)47/h18-50,53,57H,3-17H2,1-2H3,(H,54,58)/t18?,19?,20?,21?,22?,23?,24?,25?,26?,27?,28?,29?,30?,31?,32?,33?,34?,35?,36?,37?,38?,39?,40?,41?,42?,43?,44?,45?,46?,47?,48?,49?,50-,52?/m0/s1. The molecular formula is C52H72N4O2. The summed E-state index contributed by atoms with van der Waals surface area (Å²) in [5.74, 6) is 31.9. The highest BCUT2D eigenvalue weighted by Gasteiger charge is 2.93. The first kappa shape index (κ1) is 32.9. The van der Waals surface area contributed by atoms with Gasteiger partial charge < -0.3 is 20.2 Å². The van der Waals surface area contributed by atoms with Crippen molar-refractivity contribution in [2.45, 2.75) is 64.0 Å². The van der Waals surface area contributed by atoms with Gasteiger partial charge in [-0.1, -0.05) is 0 Å². The molecule has 0 aromatic rings. The van der Waals surface area contributed by atoms with Crippen molar-refractivity contribution in [3.05, 3.63) is 0 Å². The fourth-order valence-corrected chi connectivity index (χ4v) is 28.7. The largest absolute Gasteiger partial charge is 0.377 e. The van der Waals surface area contributed by atoms with E-state index >= 15 is 4.79 Å². The molecule has 17 aliphatic carbocycles. The first-order chi connectivity index (χ1) is 28.5. The van der Waals surface area contributed by atoms with Gasteiger partial charge >= 0.3 is 0 Å². The number of hydrogen-bond donors (Lipinski definition) is 3. The van der Waals surface area contributed by atoms with Gasteiger partial charge in [0.15, 0.2) is 0 Å². The molecular weight excluding hydrogens is 713 g/mol. The van der Waals surface area contributed by atoms with Crippen LogP contribution in [0.2, 0.25) is 0 Å². The van der Waals surface area contributed by atoms with Crippen LogP contribution in [0.25, 0.3) is 0 Å². The number of likely N-dealkylation sites (N-methyl/N-ethyl adjacent to an activating group) is 2. The van der Waals surface area contributed by atoms with E-state index in [-0.39, 0.29) is 5.91 Å². The average Bonchev–Trinajstić information content (AvgIpc) is 3.80. The Hall–Kier alpha value is -0.690. The lowest BCUT2D eigenvalue weighted by atomic mass is 9.43. The van der Waals surface area contributed by atoms with Crippen LogP contribution >= 0.6 is 0 Å². The first-order valence-corrected chi connectivity index (χ1v) is 26.6. The van der Waals surface area contributed by atoms with Gasteiger partial charge in [0.2, 0.25) is 5.91 Å². The van der Waals surface area contributed by atoms with Crippen LogP contribution < -0.4 is 10.6 Å². The van der Waals surface area contributed by atoms with Crippen LogP contribution in [0.4, 0.5) is 0 Å². The molecule has 0 aromatic heterocycles. The van der Waals surface area contributed by atoms with E-state index in [1.54, 1.807) is 38.5 Å². The van der Waals surface area contributed by atoms with Crippen LogP contribution in [0.15, 0.2) is 0 Å². The van der Waals surface area contributed by atoms with Gasteiger partial charge in [-0.05, 0) is 274 Å². The van der Waals surface area contributed by atoms with Crippen LogP contribution in [0.5, 0.6) is 0 Å². The normalized spacial score (nSPS) is 74.3. The van der Waals surface area contributed by atoms with E-state index in [4.69, 9.17) is 0 Å². The number of carbonyl (C=O) groups excluding carboxylic acids is 1. The molecule has 3 N–H and O–H groups in total. The first-order valence-electron chi connectivity index (χ1n) is 26.6. The molecule has 1 saturated heterocycles. The summed E-state index contributed by atoms with van der Waals surface area (Å²) in [7, 11) is 4.52. The van der Waals surface area contributed by atoms with Gasteiger partial charge in [0.1, 0.15) is 6.23 Å². The summed E-state index contributed by atoms with van der Waals surface area (Å²) in [6.07, 6.45) is 13.0. The van der Waals surface area contributed by atoms with Crippen molar-refractivity contribution in [1.29, 1.82) is 0 Å². The molecule has 312 valence electrons. The molecule has 1 aliphatic heterocycles. The molecule has 30 unspecified atom stereocenters. The minimum Gasteiger partial charge on any atom is -0.377 e. The number of fused-ring (bicyclic) bond motifs is 10. The quantitative estimate of drug-likeness (QED) is 0.310. The van der Waals surface area contributed by atoms with E-state index in [2.05, 4.69) is 34.5 Å². The number of aliphatic hydroxyl groups excluding tert-OH is 1.